The van der Waals surface area contributed by atoms with Crippen LogP contribution in [0.4, 0.5) is 11.4 Å². The molecular formula is C14H22N2O4. The number of rotatable bonds is 8. The quantitative estimate of drug-likeness (QED) is 0.450. The van der Waals surface area contributed by atoms with Gasteiger partial charge in [-0.1, -0.05) is 0 Å². The summed E-state index contributed by atoms with van der Waals surface area (Å²) in [4.78, 5) is 10.5. The molecule has 0 radical (unpaired) electrons. The fourth-order valence-electron chi connectivity index (χ4n) is 1.61. The van der Waals surface area contributed by atoms with E-state index < -0.39 is 4.92 Å². The number of nitrogens with zero attached hydrogens (tertiary/aromatic N) is 1. The third-order valence-corrected chi connectivity index (χ3v) is 2.40. The lowest BCUT2D eigenvalue weighted by atomic mass is 10.2. The molecule has 0 aliphatic heterocycles. The van der Waals surface area contributed by atoms with Crippen molar-refractivity contribution < 1.29 is 14.4 Å². The van der Waals surface area contributed by atoms with E-state index in [-0.39, 0.29) is 23.6 Å². The summed E-state index contributed by atoms with van der Waals surface area (Å²) < 4.78 is 10.9. The molecule has 0 heterocycles. The van der Waals surface area contributed by atoms with Crippen LogP contribution in [0.15, 0.2) is 18.2 Å². The van der Waals surface area contributed by atoms with Gasteiger partial charge < -0.3 is 14.8 Å². The number of nitro groups is 1. The van der Waals surface area contributed by atoms with Gasteiger partial charge in [-0.15, -0.1) is 0 Å². The molecule has 0 bridgehead atoms. The lowest BCUT2D eigenvalue weighted by molar-refractivity contribution is -0.386. The first-order valence-electron chi connectivity index (χ1n) is 6.70. The van der Waals surface area contributed by atoms with E-state index >= 15 is 0 Å². The Labute approximate surface area is 119 Å². The molecule has 112 valence electrons. The number of nitro benzene ring substituents is 1. The Kier molecular flexibility index (Phi) is 6.24. The second-order valence-corrected chi connectivity index (χ2v) is 4.95. The largest absolute Gasteiger partial charge is 0.484 e. The molecule has 0 fully saturated rings. The molecule has 0 atom stereocenters. The van der Waals surface area contributed by atoms with Gasteiger partial charge in [0.1, 0.15) is 0 Å². The summed E-state index contributed by atoms with van der Waals surface area (Å²) in [6.07, 6.45) is 0.0710. The maximum absolute atomic E-state index is 10.9. The maximum atomic E-state index is 10.9. The van der Waals surface area contributed by atoms with Crippen LogP contribution in [-0.4, -0.2) is 30.3 Å². The summed E-state index contributed by atoms with van der Waals surface area (Å²) in [5, 5.41) is 14.1. The normalized spacial score (nSPS) is 10.9. The average molecular weight is 282 g/mol. The summed E-state index contributed by atoms with van der Waals surface area (Å²) in [7, 11) is 0. The molecule has 20 heavy (non-hydrogen) atoms. The number of nitrogens with one attached hydrogen (secondary N) is 1. The minimum absolute atomic E-state index is 0.0253. The summed E-state index contributed by atoms with van der Waals surface area (Å²) >= 11 is 0. The van der Waals surface area contributed by atoms with Crippen molar-refractivity contribution in [1.29, 1.82) is 0 Å². The van der Waals surface area contributed by atoms with Gasteiger partial charge in [0.25, 0.3) is 0 Å². The van der Waals surface area contributed by atoms with Gasteiger partial charge in [0.15, 0.2) is 5.75 Å². The number of ether oxygens (including phenoxy) is 2. The van der Waals surface area contributed by atoms with Crippen LogP contribution in [0.2, 0.25) is 0 Å². The Morgan fingerprint density at radius 2 is 1.95 bits per heavy atom. The highest BCUT2D eigenvalue weighted by molar-refractivity contribution is 5.58. The van der Waals surface area contributed by atoms with Crippen LogP contribution in [-0.2, 0) is 4.74 Å². The van der Waals surface area contributed by atoms with Crippen LogP contribution in [0.25, 0.3) is 0 Å². The van der Waals surface area contributed by atoms with Gasteiger partial charge in [-0.2, -0.15) is 0 Å². The lowest BCUT2D eigenvalue weighted by Gasteiger charge is -2.13. The standard InChI is InChI=1S/C14H22N2O4/c1-10(2)19-8-7-15-12-5-6-13(16(17)18)14(9-12)20-11(3)4/h5-6,9-11,15H,7-8H2,1-4H3. The van der Waals surface area contributed by atoms with Crippen LogP contribution in [0.3, 0.4) is 0 Å². The molecule has 6 nitrogen and oxygen atoms in total. The predicted molar refractivity (Wildman–Crippen MR) is 78.4 cm³/mol. The minimum Gasteiger partial charge on any atom is -0.484 e. The maximum Gasteiger partial charge on any atom is 0.311 e. The summed E-state index contributed by atoms with van der Waals surface area (Å²) in [6, 6.07) is 4.76. The molecule has 1 aromatic carbocycles. The molecule has 0 aliphatic rings. The summed E-state index contributed by atoms with van der Waals surface area (Å²) in [5.74, 6) is 0.278. The molecule has 0 unspecified atom stereocenters. The average Bonchev–Trinajstić information content (AvgIpc) is 2.33. The first-order valence-corrected chi connectivity index (χ1v) is 6.70. The van der Waals surface area contributed by atoms with Crippen molar-refractivity contribution in [3.05, 3.63) is 28.3 Å². The summed E-state index contributed by atoms with van der Waals surface area (Å²) in [5.41, 5.74) is 0.751. The number of anilines is 1. The zero-order chi connectivity index (χ0) is 15.1. The Bertz CT molecular complexity index is 447. The monoisotopic (exact) mass is 282 g/mol. The molecule has 1 N–H and O–H groups in total. The molecule has 0 spiro atoms. The smallest absolute Gasteiger partial charge is 0.311 e. The number of benzene rings is 1. The fourth-order valence-corrected chi connectivity index (χ4v) is 1.61. The van der Waals surface area contributed by atoms with Gasteiger partial charge >= 0.3 is 5.69 Å². The first-order chi connectivity index (χ1) is 9.40. The predicted octanol–water partition coefficient (Wildman–Crippen LogP) is 3.22. The Balaban J connectivity index is 2.71. The summed E-state index contributed by atoms with van der Waals surface area (Å²) in [6.45, 7) is 8.83. The molecule has 0 aliphatic carbocycles. The zero-order valence-corrected chi connectivity index (χ0v) is 12.4. The van der Waals surface area contributed by atoms with Gasteiger partial charge in [0.05, 0.1) is 23.7 Å². The first kappa shape index (κ1) is 16.2. The van der Waals surface area contributed by atoms with Crippen molar-refractivity contribution in [2.24, 2.45) is 0 Å². The minimum atomic E-state index is -0.441. The molecule has 0 amide bonds. The molecule has 0 saturated heterocycles. The van der Waals surface area contributed by atoms with Crippen molar-refractivity contribution in [3.63, 3.8) is 0 Å². The van der Waals surface area contributed by atoms with Gasteiger partial charge in [0.2, 0.25) is 0 Å². The molecule has 0 saturated carbocycles. The Morgan fingerprint density at radius 1 is 1.25 bits per heavy atom. The topological polar surface area (TPSA) is 73.6 Å². The Morgan fingerprint density at radius 3 is 2.50 bits per heavy atom. The van der Waals surface area contributed by atoms with E-state index in [4.69, 9.17) is 9.47 Å². The van der Waals surface area contributed by atoms with E-state index in [1.165, 1.54) is 6.07 Å². The zero-order valence-electron chi connectivity index (χ0n) is 12.4. The fraction of sp³-hybridized carbons (Fsp3) is 0.571. The van der Waals surface area contributed by atoms with E-state index in [0.717, 1.165) is 5.69 Å². The molecule has 1 rings (SSSR count). The third-order valence-electron chi connectivity index (χ3n) is 2.40. The van der Waals surface area contributed by atoms with Gasteiger partial charge in [-0.3, -0.25) is 10.1 Å². The van der Waals surface area contributed by atoms with Crippen molar-refractivity contribution in [2.75, 3.05) is 18.5 Å². The van der Waals surface area contributed by atoms with E-state index in [9.17, 15) is 10.1 Å². The van der Waals surface area contributed by atoms with Crippen LogP contribution in [0.1, 0.15) is 27.7 Å². The number of hydrogen-bond donors (Lipinski definition) is 1. The van der Waals surface area contributed by atoms with Crippen LogP contribution < -0.4 is 10.1 Å². The van der Waals surface area contributed by atoms with E-state index in [1.807, 2.05) is 27.7 Å². The number of hydrogen-bond acceptors (Lipinski definition) is 5. The van der Waals surface area contributed by atoms with Crippen molar-refractivity contribution in [2.45, 2.75) is 39.9 Å². The highest BCUT2D eigenvalue weighted by Gasteiger charge is 2.16. The van der Waals surface area contributed by atoms with Crippen LogP contribution in [0.5, 0.6) is 5.75 Å². The van der Waals surface area contributed by atoms with Crippen LogP contribution in [0, 0.1) is 10.1 Å². The van der Waals surface area contributed by atoms with Crippen molar-refractivity contribution in [3.8, 4) is 5.75 Å². The van der Waals surface area contributed by atoms with Gasteiger partial charge in [0, 0.05) is 24.4 Å². The lowest BCUT2D eigenvalue weighted by Crippen LogP contribution is -2.13. The molecule has 0 aromatic heterocycles. The third kappa shape index (κ3) is 5.44. The second-order valence-electron chi connectivity index (χ2n) is 4.95. The molecule has 1 aromatic rings. The van der Waals surface area contributed by atoms with E-state index in [0.29, 0.717) is 13.2 Å². The SMILES string of the molecule is CC(C)OCCNc1ccc([N+](=O)[O-])c(OC(C)C)c1. The molecular weight excluding hydrogens is 260 g/mol. The molecule has 6 heteroatoms. The van der Waals surface area contributed by atoms with E-state index in [1.54, 1.807) is 12.1 Å². The van der Waals surface area contributed by atoms with Crippen molar-refractivity contribution in [1.82, 2.24) is 0 Å². The van der Waals surface area contributed by atoms with E-state index in [2.05, 4.69) is 5.32 Å². The Hall–Kier alpha value is -1.82. The van der Waals surface area contributed by atoms with Crippen molar-refractivity contribution >= 4 is 11.4 Å². The van der Waals surface area contributed by atoms with Gasteiger partial charge in [-0.25, -0.2) is 0 Å². The second kappa shape index (κ2) is 7.69. The van der Waals surface area contributed by atoms with Crippen LogP contribution >= 0.6 is 0 Å². The highest BCUT2D eigenvalue weighted by Crippen LogP contribution is 2.30. The highest BCUT2D eigenvalue weighted by atomic mass is 16.6. The van der Waals surface area contributed by atoms with Gasteiger partial charge in [-0.05, 0) is 33.8 Å².